The van der Waals surface area contributed by atoms with Gasteiger partial charge in [0, 0.05) is 20.6 Å². The Morgan fingerprint density at radius 2 is 1.86 bits per heavy atom. The molecule has 14 heavy (non-hydrogen) atoms. The van der Waals surface area contributed by atoms with E-state index in [1.807, 2.05) is 13.8 Å². The normalized spacial score (nSPS) is 11.5. The zero-order valence-corrected chi connectivity index (χ0v) is 9.67. The average molecular weight is 202 g/mol. The fourth-order valence-corrected chi connectivity index (χ4v) is 1.15. The number of nitrogens with zero attached hydrogens (tertiary/aromatic N) is 1. The van der Waals surface area contributed by atoms with E-state index in [0.29, 0.717) is 6.54 Å². The van der Waals surface area contributed by atoms with Crippen LogP contribution in [-0.4, -0.2) is 43.7 Å². The molecule has 0 aliphatic rings. The molecule has 0 saturated heterocycles. The Morgan fingerprint density at radius 3 is 2.14 bits per heavy atom. The summed E-state index contributed by atoms with van der Waals surface area (Å²) in [4.78, 5) is 12.8. The third kappa shape index (κ3) is 3.64. The number of amides is 1. The molecule has 0 aromatic carbocycles. The minimum atomic E-state index is -0.328. The average Bonchev–Trinajstić information content (AvgIpc) is 2.20. The first kappa shape index (κ1) is 13.4. The van der Waals surface area contributed by atoms with Crippen LogP contribution in [0, 0.1) is 0 Å². The van der Waals surface area contributed by atoms with Crippen LogP contribution in [0.1, 0.15) is 26.7 Å². The summed E-state index contributed by atoms with van der Waals surface area (Å²) in [6.45, 7) is 4.62. The molecule has 1 amide bonds. The lowest BCUT2D eigenvalue weighted by molar-refractivity contribution is -0.141. The standard InChI is InChI=1S/C10H22N2O2/c1-5-10(6-2,8-11)14-7-9(13)12(3)4/h5-8,11H2,1-4H3. The second-order valence-corrected chi connectivity index (χ2v) is 3.67. The molecule has 2 N–H and O–H groups in total. The van der Waals surface area contributed by atoms with Crippen molar-refractivity contribution in [2.24, 2.45) is 5.73 Å². The fourth-order valence-electron chi connectivity index (χ4n) is 1.15. The third-order valence-electron chi connectivity index (χ3n) is 2.66. The van der Waals surface area contributed by atoms with E-state index in [1.165, 1.54) is 4.90 Å². The Morgan fingerprint density at radius 1 is 1.36 bits per heavy atom. The van der Waals surface area contributed by atoms with Gasteiger partial charge in [0.15, 0.2) is 0 Å². The maximum atomic E-state index is 11.3. The van der Waals surface area contributed by atoms with Crippen LogP contribution in [0.3, 0.4) is 0 Å². The van der Waals surface area contributed by atoms with Crippen molar-refractivity contribution >= 4 is 5.91 Å². The van der Waals surface area contributed by atoms with Gasteiger partial charge < -0.3 is 15.4 Å². The topological polar surface area (TPSA) is 55.6 Å². The highest BCUT2D eigenvalue weighted by Crippen LogP contribution is 2.18. The van der Waals surface area contributed by atoms with Crippen LogP contribution in [0.5, 0.6) is 0 Å². The van der Waals surface area contributed by atoms with Crippen LogP contribution in [0.2, 0.25) is 0 Å². The minimum Gasteiger partial charge on any atom is -0.364 e. The highest BCUT2D eigenvalue weighted by atomic mass is 16.5. The zero-order valence-electron chi connectivity index (χ0n) is 9.67. The van der Waals surface area contributed by atoms with Crippen LogP contribution in [0.4, 0.5) is 0 Å². The molecule has 0 saturated carbocycles. The first-order valence-corrected chi connectivity index (χ1v) is 5.05. The molecular formula is C10H22N2O2. The van der Waals surface area contributed by atoms with Gasteiger partial charge in [-0.15, -0.1) is 0 Å². The first-order chi connectivity index (χ1) is 6.51. The SMILES string of the molecule is CCC(CC)(CN)OCC(=O)N(C)C. The van der Waals surface area contributed by atoms with Gasteiger partial charge in [0.05, 0.1) is 5.60 Å². The number of ether oxygens (including phenoxy) is 1. The molecule has 0 aromatic heterocycles. The summed E-state index contributed by atoms with van der Waals surface area (Å²) in [7, 11) is 3.43. The van der Waals surface area contributed by atoms with Gasteiger partial charge in [0.2, 0.25) is 5.91 Å². The van der Waals surface area contributed by atoms with E-state index >= 15 is 0 Å². The Balaban J connectivity index is 4.12. The number of rotatable bonds is 6. The van der Waals surface area contributed by atoms with E-state index in [9.17, 15) is 4.79 Å². The molecule has 0 radical (unpaired) electrons. The van der Waals surface area contributed by atoms with Crippen molar-refractivity contribution in [3.8, 4) is 0 Å². The number of carbonyl (C=O) groups is 1. The summed E-state index contributed by atoms with van der Waals surface area (Å²) >= 11 is 0. The first-order valence-electron chi connectivity index (χ1n) is 5.05. The van der Waals surface area contributed by atoms with Crippen LogP contribution < -0.4 is 5.73 Å². The van der Waals surface area contributed by atoms with Crippen molar-refractivity contribution in [3.05, 3.63) is 0 Å². The van der Waals surface area contributed by atoms with Crippen molar-refractivity contribution in [2.75, 3.05) is 27.2 Å². The number of nitrogens with two attached hydrogens (primary N) is 1. The van der Waals surface area contributed by atoms with Crippen molar-refractivity contribution < 1.29 is 9.53 Å². The molecule has 84 valence electrons. The molecule has 0 aliphatic heterocycles. The predicted octanol–water partition coefficient (Wildman–Crippen LogP) is 0.609. The van der Waals surface area contributed by atoms with E-state index in [0.717, 1.165) is 12.8 Å². The third-order valence-corrected chi connectivity index (χ3v) is 2.66. The molecule has 4 heteroatoms. The Kier molecular flexibility index (Phi) is 5.72. The van der Waals surface area contributed by atoms with Gasteiger partial charge in [-0.25, -0.2) is 0 Å². The van der Waals surface area contributed by atoms with E-state index in [1.54, 1.807) is 14.1 Å². The minimum absolute atomic E-state index is 0.0234. The summed E-state index contributed by atoms with van der Waals surface area (Å²) in [5.41, 5.74) is 5.31. The van der Waals surface area contributed by atoms with E-state index in [-0.39, 0.29) is 18.1 Å². The van der Waals surface area contributed by atoms with Gasteiger partial charge in [-0.3, -0.25) is 4.79 Å². The largest absolute Gasteiger partial charge is 0.364 e. The van der Waals surface area contributed by atoms with Gasteiger partial charge in [-0.05, 0) is 12.8 Å². The second-order valence-electron chi connectivity index (χ2n) is 3.67. The van der Waals surface area contributed by atoms with Gasteiger partial charge in [-0.2, -0.15) is 0 Å². The predicted molar refractivity (Wildman–Crippen MR) is 57.0 cm³/mol. The quantitative estimate of drug-likeness (QED) is 0.686. The van der Waals surface area contributed by atoms with Crippen molar-refractivity contribution in [3.63, 3.8) is 0 Å². The van der Waals surface area contributed by atoms with Crippen LogP contribution in [0.25, 0.3) is 0 Å². The van der Waals surface area contributed by atoms with Crippen LogP contribution in [0.15, 0.2) is 0 Å². The lowest BCUT2D eigenvalue weighted by Crippen LogP contribution is -2.42. The molecule has 0 unspecified atom stereocenters. The van der Waals surface area contributed by atoms with Crippen LogP contribution in [-0.2, 0) is 9.53 Å². The number of hydrogen-bond acceptors (Lipinski definition) is 3. The highest BCUT2D eigenvalue weighted by molar-refractivity contribution is 5.76. The van der Waals surface area contributed by atoms with Crippen molar-refractivity contribution in [2.45, 2.75) is 32.3 Å². The lowest BCUT2D eigenvalue weighted by atomic mass is 9.97. The molecule has 0 aliphatic carbocycles. The summed E-state index contributed by atoms with van der Waals surface area (Å²) in [6.07, 6.45) is 1.67. The smallest absolute Gasteiger partial charge is 0.248 e. The summed E-state index contributed by atoms with van der Waals surface area (Å²) in [5.74, 6) is -0.0234. The maximum Gasteiger partial charge on any atom is 0.248 e. The van der Waals surface area contributed by atoms with Crippen molar-refractivity contribution in [1.82, 2.24) is 4.90 Å². The van der Waals surface area contributed by atoms with Gasteiger partial charge in [0.1, 0.15) is 6.61 Å². The van der Waals surface area contributed by atoms with Crippen LogP contribution >= 0.6 is 0 Å². The van der Waals surface area contributed by atoms with Gasteiger partial charge in [0.25, 0.3) is 0 Å². The van der Waals surface area contributed by atoms with Gasteiger partial charge >= 0.3 is 0 Å². The highest BCUT2D eigenvalue weighted by Gasteiger charge is 2.26. The molecule has 0 fully saturated rings. The molecule has 0 spiro atoms. The van der Waals surface area contributed by atoms with Gasteiger partial charge in [-0.1, -0.05) is 13.8 Å². The maximum absolute atomic E-state index is 11.3. The molecule has 4 nitrogen and oxygen atoms in total. The lowest BCUT2D eigenvalue weighted by Gasteiger charge is -2.30. The second kappa shape index (κ2) is 5.98. The monoisotopic (exact) mass is 202 g/mol. The Hall–Kier alpha value is -0.610. The number of likely N-dealkylation sites (N-methyl/N-ethyl adjacent to an activating group) is 1. The fraction of sp³-hybridized carbons (Fsp3) is 0.900. The molecule has 0 heterocycles. The molecule has 0 atom stereocenters. The Bertz CT molecular complexity index is 169. The number of hydrogen-bond donors (Lipinski definition) is 1. The zero-order chi connectivity index (χ0) is 11.2. The number of carbonyl (C=O) groups excluding carboxylic acids is 1. The van der Waals surface area contributed by atoms with Crippen molar-refractivity contribution in [1.29, 1.82) is 0 Å². The summed E-state index contributed by atoms with van der Waals surface area (Å²) < 4.78 is 5.58. The van der Waals surface area contributed by atoms with E-state index in [4.69, 9.17) is 10.5 Å². The van der Waals surface area contributed by atoms with E-state index < -0.39 is 0 Å². The summed E-state index contributed by atoms with van der Waals surface area (Å²) in [6, 6.07) is 0. The molecule has 0 aromatic rings. The summed E-state index contributed by atoms with van der Waals surface area (Å²) in [5, 5.41) is 0. The molecular weight excluding hydrogens is 180 g/mol. The molecule has 0 rings (SSSR count). The van der Waals surface area contributed by atoms with E-state index in [2.05, 4.69) is 0 Å². The molecule has 0 bridgehead atoms. The Labute approximate surface area is 86.4 Å².